The van der Waals surface area contributed by atoms with Gasteiger partial charge in [-0.3, -0.25) is 4.79 Å². The lowest BCUT2D eigenvalue weighted by Gasteiger charge is -2.08. The fourth-order valence-corrected chi connectivity index (χ4v) is 1.69. The van der Waals surface area contributed by atoms with Gasteiger partial charge in [-0.2, -0.15) is 0 Å². The zero-order chi connectivity index (χ0) is 13.4. The van der Waals surface area contributed by atoms with Crippen molar-refractivity contribution in [2.24, 2.45) is 0 Å². The fraction of sp³-hybridized carbons (Fsp3) is 0.462. The summed E-state index contributed by atoms with van der Waals surface area (Å²) in [5.74, 6) is 0.554. The van der Waals surface area contributed by atoms with Crippen molar-refractivity contribution in [2.75, 3.05) is 13.7 Å². The Morgan fingerprint density at radius 1 is 1.33 bits per heavy atom. The van der Waals surface area contributed by atoms with Crippen LogP contribution in [0.2, 0.25) is 5.02 Å². The highest BCUT2D eigenvalue weighted by atomic mass is 35.5. The predicted molar refractivity (Wildman–Crippen MR) is 69.6 cm³/mol. The average molecular weight is 273 g/mol. The van der Waals surface area contributed by atoms with Crippen molar-refractivity contribution < 1.29 is 19.4 Å². The molecule has 1 rings (SSSR count). The number of carbonyl (C=O) groups is 1. The van der Waals surface area contributed by atoms with E-state index in [2.05, 4.69) is 0 Å². The summed E-state index contributed by atoms with van der Waals surface area (Å²) in [4.78, 5) is 10.3. The predicted octanol–water partition coefficient (Wildman–Crippen LogP) is 3.37. The number of halogens is 1. The van der Waals surface area contributed by atoms with Crippen LogP contribution in [0.3, 0.4) is 0 Å². The van der Waals surface area contributed by atoms with Gasteiger partial charge in [-0.15, -0.1) is 0 Å². The van der Waals surface area contributed by atoms with E-state index in [9.17, 15) is 4.79 Å². The first-order chi connectivity index (χ1) is 8.63. The minimum Gasteiger partial charge on any atom is -0.497 e. The first-order valence-electron chi connectivity index (χ1n) is 5.81. The largest absolute Gasteiger partial charge is 0.497 e. The average Bonchev–Trinajstić information content (AvgIpc) is 2.34. The number of carboxylic acid groups (broad SMARTS) is 1. The van der Waals surface area contributed by atoms with Gasteiger partial charge in [0.05, 0.1) is 18.7 Å². The van der Waals surface area contributed by atoms with Crippen LogP contribution in [-0.2, 0) is 4.79 Å². The molecule has 0 heterocycles. The number of unbranched alkanes of at least 4 members (excludes halogenated alkanes) is 2. The number of ether oxygens (including phenoxy) is 2. The summed E-state index contributed by atoms with van der Waals surface area (Å²) in [6.07, 6.45) is 2.54. The van der Waals surface area contributed by atoms with Crippen molar-refractivity contribution in [3.8, 4) is 11.5 Å². The molecule has 5 heteroatoms. The number of benzene rings is 1. The molecule has 0 fully saturated rings. The van der Waals surface area contributed by atoms with E-state index in [0.717, 1.165) is 12.8 Å². The third kappa shape index (κ3) is 5.27. The van der Waals surface area contributed by atoms with Crippen LogP contribution in [-0.4, -0.2) is 24.8 Å². The molecule has 1 aromatic rings. The van der Waals surface area contributed by atoms with Gasteiger partial charge in [0.2, 0.25) is 0 Å². The van der Waals surface area contributed by atoms with Gasteiger partial charge in [-0.1, -0.05) is 11.6 Å². The molecule has 0 amide bonds. The molecule has 0 aromatic heterocycles. The number of hydrogen-bond donors (Lipinski definition) is 1. The van der Waals surface area contributed by atoms with E-state index in [1.54, 1.807) is 25.3 Å². The van der Waals surface area contributed by atoms with E-state index in [1.165, 1.54) is 0 Å². The topological polar surface area (TPSA) is 55.8 Å². The third-order valence-corrected chi connectivity index (χ3v) is 2.73. The van der Waals surface area contributed by atoms with Gasteiger partial charge in [-0.25, -0.2) is 0 Å². The maximum absolute atomic E-state index is 10.3. The molecule has 0 atom stereocenters. The summed E-state index contributed by atoms with van der Waals surface area (Å²) >= 11 is 6.01. The number of carboxylic acids is 1. The molecule has 0 saturated heterocycles. The first-order valence-corrected chi connectivity index (χ1v) is 6.19. The second-order valence-corrected chi connectivity index (χ2v) is 4.26. The number of hydrogen-bond acceptors (Lipinski definition) is 3. The first kappa shape index (κ1) is 14.6. The fourth-order valence-electron chi connectivity index (χ4n) is 1.46. The highest BCUT2D eigenvalue weighted by Crippen LogP contribution is 2.28. The van der Waals surface area contributed by atoms with Crippen LogP contribution in [0.15, 0.2) is 18.2 Å². The summed E-state index contributed by atoms with van der Waals surface area (Å²) < 4.78 is 10.5. The summed E-state index contributed by atoms with van der Waals surface area (Å²) in [5, 5.41) is 8.99. The number of aliphatic carboxylic acids is 1. The molecule has 0 radical (unpaired) electrons. The lowest BCUT2D eigenvalue weighted by atomic mass is 10.2. The van der Waals surface area contributed by atoms with Crippen LogP contribution in [0.5, 0.6) is 11.5 Å². The highest BCUT2D eigenvalue weighted by molar-refractivity contribution is 6.32. The molecule has 0 aliphatic carbocycles. The van der Waals surface area contributed by atoms with Gasteiger partial charge in [0.1, 0.15) is 11.5 Å². The molecule has 0 spiro atoms. The van der Waals surface area contributed by atoms with Crippen LogP contribution in [0.4, 0.5) is 0 Å². The molecule has 100 valence electrons. The van der Waals surface area contributed by atoms with Crippen LogP contribution < -0.4 is 9.47 Å². The molecule has 0 bridgehead atoms. The van der Waals surface area contributed by atoms with Gasteiger partial charge in [-0.05, 0) is 31.4 Å². The lowest BCUT2D eigenvalue weighted by Crippen LogP contribution is -1.99. The smallest absolute Gasteiger partial charge is 0.303 e. The minimum atomic E-state index is -0.755. The summed E-state index contributed by atoms with van der Waals surface area (Å²) in [6.45, 7) is 0.533. The molecule has 0 saturated carbocycles. The zero-order valence-corrected chi connectivity index (χ0v) is 11.1. The van der Waals surface area contributed by atoms with E-state index in [0.29, 0.717) is 29.5 Å². The van der Waals surface area contributed by atoms with Crippen molar-refractivity contribution in [3.63, 3.8) is 0 Å². The Bertz CT molecular complexity index is 393. The molecular formula is C13H17ClO4. The molecule has 18 heavy (non-hydrogen) atoms. The second-order valence-electron chi connectivity index (χ2n) is 3.85. The van der Waals surface area contributed by atoms with Gasteiger partial charge in [0.15, 0.2) is 0 Å². The van der Waals surface area contributed by atoms with E-state index in [4.69, 9.17) is 26.2 Å². The van der Waals surface area contributed by atoms with Crippen LogP contribution in [0.1, 0.15) is 25.7 Å². The molecule has 0 aliphatic rings. The summed E-state index contributed by atoms with van der Waals surface area (Å²) in [6, 6.07) is 5.24. The SMILES string of the molecule is COc1ccc(OCCCCCC(=O)O)c(Cl)c1. The zero-order valence-electron chi connectivity index (χ0n) is 10.3. The Labute approximate surface area is 111 Å². The van der Waals surface area contributed by atoms with Crippen molar-refractivity contribution in [1.29, 1.82) is 0 Å². The standard InChI is InChI=1S/C13H17ClO4/c1-17-10-6-7-12(11(14)9-10)18-8-4-2-3-5-13(15)16/h6-7,9H,2-5,8H2,1H3,(H,15,16). The van der Waals surface area contributed by atoms with E-state index in [1.807, 2.05) is 0 Å². The Balaban J connectivity index is 2.25. The van der Waals surface area contributed by atoms with Crippen molar-refractivity contribution in [3.05, 3.63) is 23.2 Å². The molecule has 4 nitrogen and oxygen atoms in total. The number of methoxy groups -OCH3 is 1. The van der Waals surface area contributed by atoms with Crippen molar-refractivity contribution in [2.45, 2.75) is 25.7 Å². The Hall–Kier alpha value is -1.42. The van der Waals surface area contributed by atoms with Crippen LogP contribution in [0, 0.1) is 0 Å². The third-order valence-electron chi connectivity index (χ3n) is 2.43. The summed E-state index contributed by atoms with van der Waals surface area (Å²) in [5.41, 5.74) is 0. The molecule has 0 unspecified atom stereocenters. The molecular weight excluding hydrogens is 256 g/mol. The van der Waals surface area contributed by atoms with Crippen molar-refractivity contribution >= 4 is 17.6 Å². The number of rotatable bonds is 8. The maximum atomic E-state index is 10.3. The lowest BCUT2D eigenvalue weighted by molar-refractivity contribution is -0.137. The van der Waals surface area contributed by atoms with Crippen molar-refractivity contribution in [1.82, 2.24) is 0 Å². The van der Waals surface area contributed by atoms with Crippen LogP contribution >= 0.6 is 11.6 Å². The maximum Gasteiger partial charge on any atom is 0.303 e. The van der Waals surface area contributed by atoms with E-state index in [-0.39, 0.29) is 6.42 Å². The molecule has 1 aromatic carbocycles. The Morgan fingerprint density at radius 2 is 2.11 bits per heavy atom. The monoisotopic (exact) mass is 272 g/mol. The van der Waals surface area contributed by atoms with Gasteiger partial charge in [0, 0.05) is 12.5 Å². The Morgan fingerprint density at radius 3 is 2.72 bits per heavy atom. The summed E-state index contributed by atoms with van der Waals surface area (Å²) in [7, 11) is 1.58. The highest BCUT2D eigenvalue weighted by Gasteiger charge is 2.03. The molecule has 1 N–H and O–H groups in total. The van der Waals surface area contributed by atoms with E-state index < -0.39 is 5.97 Å². The van der Waals surface area contributed by atoms with E-state index >= 15 is 0 Å². The second kappa shape index (κ2) is 7.82. The minimum absolute atomic E-state index is 0.212. The van der Waals surface area contributed by atoms with Gasteiger partial charge in [0.25, 0.3) is 0 Å². The van der Waals surface area contributed by atoms with Gasteiger partial charge < -0.3 is 14.6 Å². The van der Waals surface area contributed by atoms with Crippen LogP contribution in [0.25, 0.3) is 0 Å². The Kier molecular flexibility index (Phi) is 6.36. The quantitative estimate of drug-likeness (QED) is 0.737. The van der Waals surface area contributed by atoms with Gasteiger partial charge >= 0.3 is 5.97 Å². The normalized spacial score (nSPS) is 10.1. The molecule has 0 aliphatic heterocycles.